The Morgan fingerprint density at radius 1 is 1.40 bits per heavy atom. The first-order valence-electron chi connectivity index (χ1n) is 6.53. The number of nitrogens with zero attached hydrogens (tertiary/aromatic N) is 3. The summed E-state index contributed by atoms with van der Waals surface area (Å²) in [5.41, 5.74) is 0.517. The van der Waals surface area contributed by atoms with E-state index in [1.54, 1.807) is 36.0 Å². The van der Waals surface area contributed by atoms with Crippen LogP contribution in [0.15, 0.2) is 18.3 Å². The van der Waals surface area contributed by atoms with Crippen molar-refractivity contribution in [2.24, 2.45) is 5.92 Å². The number of hydrogen-bond acceptors (Lipinski definition) is 4. The first-order valence-corrected chi connectivity index (χ1v) is 6.53. The predicted molar refractivity (Wildman–Crippen MR) is 73.5 cm³/mol. The van der Waals surface area contributed by atoms with Gasteiger partial charge in [-0.1, -0.05) is 0 Å². The van der Waals surface area contributed by atoms with Gasteiger partial charge in [-0.15, -0.1) is 0 Å². The van der Waals surface area contributed by atoms with E-state index in [0.717, 1.165) is 0 Å². The van der Waals surface area contributed by atoms with Crippen LogP contribution in [0.2, 0.25) is 0 Å². The zero-order valence-corrected chi connectivity index (χ0v) is 12.0. The van der Waals surface area contributed by atoms with Crippen LogP contribution in [0.1, 0.15) is 16.8 Å². The fourth-order valence-corrected chi connectivity index (χ4v) is 2.32. The van der Waals surface area contributed by atoms with Gasteiger partial charge in [0.1, 0.15) is 0 Å². The lowest BCUT2D eigenvalue weighted by molar-refractivity contribution is -0.132. The lowest BCUT2D eigenvalue weighted by atomic mass is 10.1. The Bertz CT molecular complexity index is 499. The number of hydrogen-bond donors (Lipinski definition) is 0. The molecule has 108 valence electrons. The van der Waals surface area contributed by atoms with Crippen molar-refractivity contribution in [3.8, 4) is 5.88 Å². The number of carbonyl (C=O) groups is 2. The van der Waals surface area contributed by atoms with Gasteiger partial charge in [0.05, 0.1) is 18.6 Å². The van der Waals surface area contributed by atoms with E-state index < -0.39 is 0 Å². The van der Waals surface area contributed by atoms with Gasteiger partial charge >= 0.3 is 0 Å². The number of carbonyl (C=O) groups excluding carboxylic acids is 2. The first kappa shape index (κ1) is 14.3. The molecule has 1 saturated heterocycles. The average molecular weight is 277 g/mol. The predicted octanol–water partition coefficient (Wildman–Crippen LogP) is 0.640. The lowest BCUT2D eigenvalue weighted by Gasteiger charge is -2.18. The average Bonchev–Trinajstić information content (AvgIpc) is 2.95. The van der Waals surface area contributed by atoms with Gasteiger partial charge in [0.25, 0.3) is 5.91 Å². The van der Waals surface area contributed by atoms with Crippen molar-refractivity contribution in [3.05, 3.63) is 23.9 Å². The summed E-state index contributed by atoms with van der Waals surface area (Å²) in [5.74, 6) is 0.367. The van der Waals surface area contributed by atoms with Crippen LogP contribution in [-0.2, 0) is 4.79 Å². The molecule has 0 unspecified atom stereocenters. The van der Waals surface area contributed by atoms with Crippen molar-refractivity contribution >= 4 is 11.8 Å². The second-order valence-electron chi connectivity index (χ2n) is 5.06. The third-order valence-electron chi connectivity index (χ3n) is 3.46. The van der Waals surface area contributed by atoms with Crippen LogP contribution in [0, 0.1) is 5.92 Å². The topological polar surface area (TPSA) is 62.7 Å². The Morgan fingerprint density at radius 3 is 2.70 bits per heavy atom. The highest BCUT2D eigenvalue weighted by atomic mass is 16.5. The van der Waals surface area contributed by atoms with Crippen molar-refractivity contribution < 1.29 is 14.3 Å². The second-order valence-corrected chi connectivity index (χ2v) is 5.06. The van der Waals surface area contributed by atoms with E-state index in [2.05, 4.69) is 4.98 Å². The minimum atomic E-state index is -0.0971. The van der Waals surface area contributed by atoms with Gasteiger partial charge in [0.2, 0.25) is 11.8 Å². The van der Waals surface area contributed by atoms with E-state index in [9.17, 15) is 9.59 Å². The number of rotatable bonds is 3. The zero-order valence-electron chi connectivity index (χ0n) is 12.0. The number of aromatic nitrogens is 1. The van der Waals surface area contributed by atoms with Gasteiger partial charge in [-0.2, -0.15) is 0 Å². The van der Waals surface area contributed by atoms with E-state index in [1.165, 1.54) is 13.3 Å². The monoisotopic (exact) mass is 277 g/mol. The number of amides is 2. The van der Waals surface area contributed by atoms with Crippen LogP contribution < -0.4 is 4.74 Å². The summed E-state index contributed by atoms with van der Waals surface area (Å²) >= 11 is 0. The molecule has 20 heavy (non-hydrogen) atoms. The number of pyridine rings is 1. The lowest BCUT2D eigenvalue weighted by Crippen LogP contribution is -2.34. The molecule has 0 spiro atoms. The Labute approximate surface area is 118 Å². The molecule has 1 atom stereocenters. The molecule has 0 saturated carbocycles. The molecule has 0 aromatic carbocycles. The fraction of sp³-hybridized carbons (Fsp3) is 0.500. The molecule has 0 N–H and O–H groups in total. The van der Waals surface area contributed by atoms with Crippen LogP contribution in [0.3, 0.4) is 0 Å². The molecule has 1 aromatic rings. The molecule has 1 aliphatic heterocycles. The highest BCUT2D eigenvalue weighted by molar-refractivity contribution is 5.94. The van der Waals surface area contributed by atoms with Crippen molar-refractivity contribution in [2.75, 3.05) is 34.3 Å². The Hall–Kier alpha value is -2.11. The van der Waals surface area contributed by atoms with Crippen LogP contribution in [-0.4, -0.2) is 60.9 Å². The van der Waals surface area contributed by atoms with Crippen molar-refractivity contribution in [3.63, 3.8) is 0 Å². The summed E-state index contributed by atoms with van der Waals surface area (Å²) in [4.78, 5) is 31.5. The molecule has 2 amide bonds. The van der Waals surface area contributed by atoms with Crippen LogP contribution in [0.4, 0.5) is 0 Å². The van der Waals surface area contributed by atoms with Crippen LogP contribution in [0.5, 0.6) is 5.88 Å². The fourth-order valence-electron chi connectivity index (χ4n) is 2.32. The third kappa shape index (κ3) is 2.89. The Balaban J connectivity index is 2.02. The molecule has 0 aliphatic carbocycles. The van der Waals surface area contributed by atoms with E-state index in [-0.39, 0.29) is 17.7 Å². The maximum Gasteiger partial charge on any atom is 0.255 e. The number of likely N-dealkylation sites (tertiary alicyclic amines) is 1. The standard InChI is InChI=1S/C14H19N3O3/c1-16(2)13(18)11-6-7-17(9-11)14(19)10-4-5-12(20-3)15-8-10/h4-5,8,11H,6-7,9H2,1-3H3/t11-/m1/s1. The van der Waals surface area contributed by atoms with E-state index >= 15 is 0 Å². The summed E-state index contributed by atoms with van der Waals surface area (Å²) < 4.78 is 4.96. The van der Waals surface area contributed by atoms with Crippen molar-refractivity contribution in [1.29, 1.82) is 0 Å². The third-order valence-corrected chi connectivity index (χ3v) is 3.46. The molecule has 6 nitrogen and oxygen atoms in total. The zero-order chi connectivity index (χ0) is 14.7. The first-order chi connectivity index (χ1) is 9.52. The van der Waals surface area contributed by atoms with E-state index in [1.807, 2.05) is 0 Å². The molecular weight excluding hydrogens is 258 g/mol. The van der Waals surface area contributed by atoms with Gasteiger partial charge < -0.3 is 14.5 Å². The Morgan fingerprint density at radius 2 is 2.15 bits per heavy atom. The van der Waals surface area contributed by atoms with Crippen molar-refractivity contribution in [1.82, 2.24) is 14.8 Å². The SMILES string of the molecule is COc1ccc(C(=O)N2CC[C@@H](C(=O)N(C)C)C2)cn1. The normalized spacial score (nSPS) is 17.9. The molecule has 0 radical (unpaired) electrons. The summed E-state index contributed by atoms with van der Waals surface area (Å²) in [6.45, 7) is 1.08. The maximum absolute atomic E-state index is 12.3. The quantitative estimate of drug-likeness (QED) is 0.813. The summed E-state index contributed by atoms with van der Waals surface area (Å²) in [7, 11) is 5.00. The Kier molecular flexibility index (Phi) is 4.22. The summed E-state index contributed by atoms with van der Waals surface area (Å²) in [6.07, 6.45) is 2.22. The number of ether oxygens (including phenoxy) is 1. The summed E-state index contributed by atoms with van der Waals surface area (Å²) in [5, 5.41) is 0. The van der Waals surface area contributed by atoms with Crippen LogP contribution in [0.25, 0.3) is 0 Å². The summed E-state index contributed by atoms with van der Waals surface area (Å²) in [6, 6.07) is 3.35. The molecule has 1 aromatic heterocycles. The highest BCUT2D eigenvalue weighted by Gasteiger charge is 2.32. The molecule has 1 fully saturated rings. The van der Waals surface area contributed by atoms with E-state index in [4.69, 9.17) is 4.74 Å². The minimum absolute atomic E-state index is 0.0770. The minimum Gasteiger partial charge on any atom is -0.481 e. The van der Waals surface area contributed by atoms with Crippen LogP contribution >= 0.6 is 0 Å². The largest absolute Gasteiger partial charge is 0.481 e. The maximum atomic E-state index is 12.3. The molecule has 1 aliphatic rings. The molecule has 6 heteroatoms. The highest BCUT2D eigenvalue weighted by Crippen LogP contribution is 2.20. The van der Waals surface area contributed by atoms with Gasteiger partial charge in [-0.05, 0) is 12.5 Å². The van der Waals surface area contributed by atoms with Gasteiger partial charge in [-0.25, -0.2) is 4.98 Å². The van der Waals surface area contributed by atoms with Gasteiger partial charge in [0, 0.05) is 39.4 Å². The number of methoxy groups -OCH3 is 1. The molecular formula is C14H19N3O3. The van der Waals surface area contributed by atoms with Gasteiger partial charge in [0.15, 0.2) is 0 Å². The second kappa shape index (κ2) is 5.90. The van der Waals surface area contributed by atoms with Gasteiger partial charge in [-0.3, -0.25) is 9.59 Å². The smallest absolute Gasteiger partial charge is 0.255 e. The molecule has 2 rings (SSSR count). The molecule has 0 bridgehead atoms. The van der Waals surface area contributed by atoms with E-state index in [0.29, 0.717) is 31.0 Å². The van der Waals surface area contributed by atoms with Crippen molar-refractivity contribution in [2.45, 2.75) is 6.42 Å². The molecule has 2 heterocycles.